The lowest BCUT2D eigenvalue weighted by atomic mass is 10.1. The van der Waals surface area contributed by atoms with Crippen molar-refractivity contribution in [2.24, 2.45) is 0 Å². The molecule has 1 rings (SSSR count). The minimum absolute atomic E-state index is 0.0337. The highest BCUT2D eigenvalue weighted by atomic mass is 16.4. The van der Waals surface area contributed by atoms with Gasteiger partial charge in [-0.1, -0.05) is 0 Å². The number of hydrogen-bond acceptors (Lipinski definition) is 5. The van der Waals surface area contributed by atoms with E-state index in [-0.39, 0.29) is 11.3 Å². The largest absolute Gasteiger partial charge is 0.475 e. The van der Waals surface area contributed by atoms with Gasteiger partial charge in [-0.05, 0) is 12.1 Å². The van der Waals surface area contributed by atoms with Crippen LogP contribution in [0.5, 0.6) is 0 Å². The monoisotopic (exact) mass is 218 g/mol. The number of Topliss-reactive ketones (excluding diaryl/α,β-unsaturated/α-hetero) is 2. The van der Waals surface area contributed by atoms with Gasteiger partial charge >= 0.3 is 5.97 Å². The number of nitriles is 1. The van der Waals surface area contributed by atoms with Crippen LogP contribution in [-0.2, 0) is 9.59 Å². The van der Waals surface area contributed by atoms with Crippen molar-refractivity contribution in [2.45, 2.75) is 6.42 Å². The summed E-state index contributed by atoms with van der Waals surface area (Å²) in [7, 11) is 0. The summed E-state index contributed by atoms with van der Waals surface area (Å²) in [6.45, 7) is 0. The van der Waals surface area contributed by atoms with Crippen molar-refractivity contribution in [3.8, 4) is 6.07 Å². The lowest BCUT2D eigenvalue weighted by Crippen LogP contribution is -2.17. The molecule has 1 N–H and O–H groups in total. The molecule has 0 unspecified atom stereocenters. The summed E-state index contributed by atoms with van der Waals surface area (Å²) in [5.41, 5.74) is 0.245. The van der Waals surface area contributed by atoms with Crippen LogP contribution in [0.1, 0.15) is 22.5 Å². The summed E-state index contributed by atoms with van der Waals surface area (Å²) >= 11 is 0. The highest BCUT2D eigenvalue weighted by Gasteiger charge is 2.18. The second kappa shape index (κ2) is 4.79. The third kappa shape index (κ3) is 2.72. The summed E-state index contributed by atoms with van der Waals surface area (Å²) in [5, 5.41) is 16.8. The van der Waals surface area contributed by atoms with Gasteiger partial charge in [0.05, 0.1) is 12.0 Å². The number of carboxylic acids is 1. The summed E-state index contributed by atoms with van der Waals surface area (Å²) in [6.07, 6.45) is 0.451. The van der Waals surface area contributed by atoms with E-state index in [1.807, 2.05) is 6.07 Å². The maximum atomic E-state index is 11.3. The number of aromatic nitrogens is 1. The second-order valence-corrected chi connectivity index (χ2v) is 2.87. The minimum atomic E-state index is -1.65. The molecular formula is C10H6N2O4. The van der Waals surface area contributed by atoms with Crippen LogP contribution in [0.25, 0.3) is 0 Å². The van der Waals surface area contributed by atoms with Crippen molar-refractivity contribution >= 4 is 17.5 Å². The van der Waals surface area contributed by atoms with E-state index in [4.69, 9.17) is 10.4 Å². The van der Waals surface area contributed by atoms with E-state index in [2.05, 4.69) is 4.98 Å². The van der Waals surface area contributed by atoms with Crippen LogP contribution < -0.4 is 0 Å². The molecule has 0 aliphatic heterocycles. The van der Waals surface area contributed by atoms with E-state index in [0.717, 1.165) is 0 Å². The predicted molar refractivity (Wildman–Crippen MR) is 50.5 cm³/mol. The molecule has 6 nitrogen and oxygen atoms in total. The average Bonchev–Trinajstić information content (AvgIpc) is 2.28. The molecule has 0 amide bonds. The number of carbonyl (C=O) groups is 3. The van der Waals surface area contributed by atoms with Crippen LogP contribution in [0.3, 0.4) is 0 Å². The highest BCUT2D eigenvalue weighted by molar-refractivity contribution is 6.37. The fourth-order valence-corrected chi connectivity index (χ4v) is 0.937. The number of rotatable bonds is 4. The fourth-order valence-electron chi connectivity index (χ4n) is 0.937. The smallest absolute Gasteiger partial charge is 0.372 e. The van der Waals surface area contributed by atoms with E-state index in [0.29, 0.717) is 0 Å². The van der Waals surface area contributed by atoms with Gasteiger partial charge in [0, 0.05) is 6.20 Å². The van der Waals surface area contributed by atoms with E-state index in [1.54, 1.807) is 0 Å². The number of aliphatic carboxylic acids is 1. The van der Waals surface area contributed by atoms with Gasteiger partial charge < -0.3 is 5.11 Å². The molecule has 0 atom stereocenters. The first-order valence-electron chi connectivity index (χ1n) is 4.20. The third-order valence-corrected chi connectivity index (χ3v) is 1.74. The maximum Gasteiger partial charge on any atom is 0.372 e. The first-order chi connectivity index (χ1) is 7.54. The van der Waals surface area contributed by atoms with Crippen LogP contribution in [0.4, 0.5) is 0 Å². The van der Waals surface area contributed by atoms with Crippen LogP contribution in [0.2, 0.25) is 0 Å². The molecule has 0 fully saturated rings. The zero-order valence-corrected chi connectivity index (χ0v) is 8.01. The molecule has 1 aromatic rings. The van der Waals surface area contributed by atoms with Gasteiger partial charge in [-0.15, -0.1) is 0 Å². The Labute approximate surface area is 90.1 Å². The number of pyridine rings is 1. The first kappa shape index (κ1) is 11.5. The molecule has 0 aromatic carbocycles. The summed E-state index contributed by atoms with van der Waals surface area (Å²) in [5.74, 6) is -3.52. The van der Waals surface area contributed by atoms with Gasteiger partial charge in [-0.25, -0.2) is 4.79 Å². The van der Waals surface area contributed by atoms with Crippen molar-refractivity contribution in [2.75, 3.05) is 0 Å². The molecule has 6 heteroatoms. The molecule has 0 radical (unpaired) electrons. The zero-order chi connectivity index (χ0) is 12.1. The summed E-state index contributed by atoms with van der Waals surface area (Å²) < 4.78 is 0. The van der Waals surface area contributed by atoms with E-state index < -0.39 is 24.0 Å². The molecular weight excluding hydrogens is 212 g/mol. The normalized spacial score (nSPS) is 9.19. The Bertz CT molecular complexity index is 485. The molecule has 1 aromatic heterocycles. The quantitative estimate of drug-likeness (QED) is 0.438. The predicted octanol–water partition coefficient (Wildman–Crippen LogP) is 0.180. The lowest BCUT2D eigenvalue weighted by molar-refractivity contribution is -0.148. The maximum absolute atomic E-state index is 11.3. The Hall–Kier alpha value is -2.55. The Morgan fingerprint density at radius 2 is 2.06 bits per heavy atom. The van der Waals surface area contributed by atoms with E-state index in [9.17, 15) is 14.4 Å². The molecule has 0 saturated carbocycles. The van der Waals surface area contributed by atoms with Gasteiger partial charge in [0.2, 0.25) is 5.78 Å². The van der Waals surface area contributed by atoms with E-state index in [1.165, 1.54) is 18.3 Å². The number of ketones is 2. The second-order valence-electron chi connectivity index (χ2n) is 2.87. The lowest BCUT2D eigenvalue weighted by Gasteiger charge is -1.97. The molecule has 0 aliphatic carbocycles. The molecule has 0 bridgehead atoms. The van der Waals surface area contributed by atoms with Crippen LogP contribution in [0.15, 0.2) is 18.3 Å². The number of carbonyl (C=O) groups excluding carboxylic acids is 2. The number of nitrogens with zero attached hydrogens (tertiary/aromatic N) is 2. The average molecular weight is 218 g/mol. The Kier molecular flexibility index (Phi) is 3.45. The Morgan fingerprint density at radius 1 is 1.38 bits per heavy atom. The highest BCUT2D eigenvalue weighted by Crippen LogP contribution is 2.02. The van der Waals surface area contributed by atoms with Crippen molar-refractivity contribution in [1.29, 1.82) is 5.26 Å². The third-order valence-electron chi connectivity index (χ3n) is 1.74. The fraction of sp³-hybridized carbons (Fsp3) is 0.100. The summed E-state index contributed by atoms with van der Waals surface area (Å²) in [4.78, 5) is 35.9. The Morgan fingerprint density at radius 3 is 2.50 bits per heavy atom. The van der Waals surface area contributed by atoms with Crippen molar-refractivity contribution in [3.05, 3.63) is 29.6 Å². The first-order valence-corrected chi connectivity index (χ1v) is 4.20. The minimum Gasteiger partial charge on any atom is -0.475 e. The molecule has 0 aliphatic rings. The summed E-state index contributed by atoms with van der Waals surface area (Å²) in [6, 6.07) is 4.46. The zero-order valence-electron chi connectivity index (χ0n) is 8.01. The topological polar surface area (TPSA) is 108 Å². The van der Waals surface area contributed by atoms with Gasteiger partial charge in [0.1, 0.15) is 11.8 Å². The van der Waals surface area contributed by atoms with Crippen LogP contribution >= 0.6 is 0 Å². The van der Waals surface area contributed by atoms with Crippen LogP contribution in [0, 0.1) is 11.3 Å². The Balaban J connectivity index is 2.78. The molecule has 16 heavy (non-hydrogen) atoms. The number of hydrogen-bond donors (Lipinski definition) is 1. The van der Waals surface area contributed by atoms with E-state index >= 15 is 0 Å². The SMILES string of the molecule is N#Cc1ccc(C(=O)CC(=O)C(=O)O)nc1. The standard InChI is InChI=1S/C10H6N2O4/c11-4-6-1-2-7(12-5-6)8(13)3-9(14)10(15)16/h1-2,5H,3H2,(H,15,16). The molecule has 0 spiro atoms. The molecule has 1 heterocycles. The van der Waals surface area contributed by atoms with Gasteiger partial charge in [-0.3, -0.25) is 14.6 Å². The molecule has 0 saturated heterocycles. The van der Waals surface area contributed by atoms with Crippen molar-refractivity contribution in [1.82, 2.24) is 4.98 Å². The number of carboxylic acid groups (broad SMARTS) is 1. The van der Waals surface area contributed by atoms with Gasteiger partial charge in [0.15, 0.2) is 5.78 Å². The van der Waals surface area contributed by atoms with Crippen molar-refractivity contribution < 1.29 is 19.5 Å². The van der Waals surface area contributed by atoms with Gasteiger partial charge in [-0.2, -0.15) is 5.26 Å². The van der Waals surface area contributed by atoms with Crippen LogP contribution in [-0.4, -0.2) is 27.6 Å². The molecule has 80 valence electrons. The van der Waals surface area contributed by atoms with Crippen molar-refractivity contribution in [3.63, 3.8) is 0 Å². The van der Waals surface area contributed by atoms with Gasteiger partial charge in [0.25, 0.3) is 0 Å².